The molecule has 3 aliphatic heterocycles. The quantitative estimate of drug-likeness (QED) is 0.115. The smallest absolute Gasteiger partial charge is 0.307 e. The Bertz CT molecular complexity index is 2740. The van der Waals surface area contributed by atoms with Gasteiger partial charge in [-0.3, -0.25) is 19.3 Å². The number of aromatic nitrogens is 1. The van der Waals surface area contributed by atoms with Crippen LogP contribution in [0.25, 0.3) is 38.7 Å². The number of allylic oxidation sites excluding steroid dienone is 2. The molecule has 0 radical (unpaired) electrons. The molecule has 0 aliphatic carbocycles. The molecule has 7 rings (SSSR count). The highest BCUT2D eigenvalue weighted by atomic mass is 16.7. The topological polar surface area (TPSA) is 245 Å². The summed E-state index contributed by atoms with van der Waals surface area (Å²) in [5, 5.41) is 69.5. The number of amides is 1. The predicted octanol–water partition coefficient (Wildman–Crippen LogP) is 3.10. The van der Waals surface area contributed by atoms with Crippen LogP contribution in [0.2, 0.25) is 0 Å². The maximum Gasteiger partial charge on any atom is 0.307 e. The summed E-state index contributed by atoms with van der Waals surface area (Å²) in [5.74, 6) is -6.29. The number of aromatic hydroxyl groups is 1. The molecule has 7 N–H and O–H groups in total. The number of carbonyl (C=O) groups excluding carboxylic acids is 1. The van der Waals surface area contributed by atoms with Crippen molar-refractivity contribution in [2.45, 2.75) is 78.7 Å². The zero-order valence-electron chi connectivity index (χ0n) is 37.3. The SMILES string of the molecule is CO[C@H]1/C=C/O[C@@]2(C)Oc3c(C)c(O)c4c(=O)c(c5oc6cc(N7CCN(CCO)CC7)cc(=O)c6nc5c4c3=C2O)NC(=O)/C(C)=C\C=C\[C@H](C)[C@H](O)[C@@H](C)[C@@H](O)[C@@H](C)[C@H](O)[C@@H]1C. The number of hydrogen-bond acceptors (Lipinski definition) is 16. The minimum absolute atomic E-state index is 0.00876. The Morgan fingerprint density at radius 3 is 2.25 bits per heavy atom. The molecule has 1 amide bonds. The first-order valence-electron chi connectivity index (χ1n) is 21.6. The van der Waals surface area contributed by atoms with Gasteiger partial charge in [-0.15, -0.1) is 0 Å². The van der Waals surface area contributed by atoms with Crippen molar-refractivity contribution in [2.75, 3.05) is 56.7 Å². The molecule has 0 unspecified atom stereocenters. The van der Waals surface area contributed by atoms with E-state index in [1.54, 1.807) is 45.9 Å². The van der Waals surface area contributed by atoms with Gasteiger partial charge in [0.2, 0.25) is 10.9 Å². The average molecular weight is 887 g/mol. The van der Waals surface area contributed by atoms with Gasteiger partial charge in [0.05, 0.1) is 47.9 Å². The van der Waals surface area contributed by atoms with Crippen molar-refractivity contribution in [3.63, 3.8) is 0 Å². The molecule has 0 saturated carbocycles. The van der Waals surface area contributed by atoms with E-state index >= 15 is 0 Å². The average Bonchev–Trinajstić information content (AvgIpc) is 3.54. The molecular formula is C47H58N4O13. The zero-order chi connectivity index (χ0) is 46.5. The third-order valence-corrected chi connectivity index (χ3v) is 13.3. The van der Waals surface area contributed by atoms with E-state index in [0.717, 1.165) is 0 Å². The van der Waals surface area contributed by atoms with Crippen molar-refractivity contribution >= 4 is 56.0 Å². The summed E-state index contributed by atoms with van der Waals surface area (Å²) >= 11 is 0. The predicted molar refractivity (Wildman–Crippen MR) is 241 cm³/mol. The third-order valence-electron chi connectivity index (χ3n) is 13.3. The number of aliphatic hydroxyl groups excluding tert-OH is 5. The molecule has 17 heteroatoms. The second kappa shape index (κ2) is 18.1. The zero-order valence-corrected chi connectivity index (χ0v) is 37.3. The van der Waals surface area contributed by atoms with E-state index in [9.17, 15) is 45.0 Å². The number of aliphatic hydroxyl groups is 5. The largest absolute Gasteiger partial charge is 0.507 e. The van der Waals surface area contributed by atoms with Gasteiger partial charge in [0, 0.05) is 105 Å². The summed E-state index contributed by atoms with van der Waals surface area (Å²) in [6.07, 6.45) is 3.41. The van der Waals surface area contributed by atoms with Crippen molar-refractivity contribution in [3.05, 3.63) is 79.5 Å². The summed E-state index contributed by atoms with van der Waals surface area (Å²) < 4.78 is 24.5. The summed E-state index contributed by atoms with van der Waals surface area (Å²) in [6.45, 7) is 14.2. The minimum atomic E-state index is -1.96. The van der Waals surface area contributed by atoms with Gasteiger partial charge in [0.25, 0.3) is 5.91 Å². The number of anilines is 2. The number of nitrogens with zero attached hydrogens (tertiary/aromatic N) is 3. The van der Waals surface area contributed by atoms with Crippen LogP contribution in [0, 0.1) is 30.6 Å². The lowest BCUT2D eigenvalue weighted by Gasteiger charge is -2.36. The van der Waals surface area contributed by atoms with Gasteiger partial charge in [0.15, 0.2) is 22.4 Å². The molecule has 344 valence electrons. The number of methoxy groups -OCH3 is 1. The van der Waals surface area contributed by atoms with Gasteiger partial charge >= 0.3 is 5.79 Å². The Hall–Kier alpha value is -5.56. The number of nitrogens with one attached hydrogen (secondary N) is 1. The van der Waals surface area contributed by atoms with Crippen LogP contribution in [0.5, 0.6) is 11.5 Å². The molecule has 4 aromatic rings. The van der Waals surface area contributed by atoms with Crippen molar-refractivity contribution in [1.29, 1.82) is 0 Å². The number of phenolic OH excluding ortho intramolecular Hbond substituents is 1. The fourth-order valence-corrected chi connectivity index (χ4v) is 9.04. The lowest BCUT2D eigenvalue weighted by atomic mass is 9.78. The van der Waals surface area contributed by atoms with Gasteiger partial charge in [0.1, 0.15) is 22.7 Å². The van der Waals surface area contributed by atoms with Gasteiger partial charge < -0.3 is 59.5 Å². The normalized spacial score (nSPS) is 30.6. The van der Waals surface area contributed by atoms with E-state index in [-0.39, 0.29) is 67.4 Å². The lowest BCUT2D eigenvalue weighted by molar-refractivity contribution is -0.112. The number of fused-ring (bicyclic) bond motifs is 2. The number of carbonyl (C=O) groups is 1. The van der Waals surface area contributed by atoms with E-state index < -0.39 is 82.1 Å². The third kappa shape index (κ3) is 8.20. The second-order valence-electron chi connectivity index (χ2n) is 17.5. The van der Waals surface area contributed by atoms with E-state index in [0.29, 0.717) is 38.4 Å². The molecule has 64 heavy (non-hydrogen) atoms. The van der Waals surface area contributed by atoms with E-state index in [1.165, 1.54) is 52.4 Å². The number of β-amino-alcohol motifs (C(OH)–C–C–N with tert-alkyl or cyclic N) is 1. The van der Waals surface area contributed by atoms with Crippen molar-refractivity contribution in [1.82, 2.24) is 9.88 Å². The fraction of sp³-hybridized carbons (Fsp3) is 0.489. The molecule has 0 spiro atoms. The second-order valence-corrected chi connectivity index (χ2v) is 17.5. The standard InChI is InChI=1S/C47H58N4O13/c1-22-10-9-11-23(2)46(60)49-37-42(58)33-32(36-44(37)63-31-21-28(20-29(53)35(31)48-36)51-15-13-50(14-16-51)17-18-52)34-43(27(6)41(33)57)64-47(7,45(34)59)62-19-12-30(61-8)24(3)39(55)26(5)40(56)25(4)38(22)54/h9-12,19-22,24-26,30,38-40,52,54-57,59H,13-18H2,1-8H3,(H,49,60)/b10-9+,19-12+,23-11-/t22-,24+,25+,26-,30-,38-,39+,40+,47-/m0/s1. The maximum absolute atomic E-state index is 14.8. The van der Waals surface area contributed by atoms with Crippen molar-refractivity contribution < 1.29 is 54.1 Å². The Labute approximate surface area is 369 Å². The highest BCUT2D eigenvalue weighted by Crippen LogP contribution is 2.42. The number of benzene rings is 3. The molecule has 9 atom stereocenters. The van der Waals surface area contributed by atoms with Crippen LogP contribution in [0.4, 0.5) is 11.4 Å². The molecule has 3 aliphatic rings. The number of phenols is 1. The molecule has 4 heterocycles. The van der Waals surface area contributed by atoms with Crippen molar-refractivity contribution in [2.24, 2.45) is 23.7 Å². The molecular weight excluding hydrogens is 829 g/mol. The van der Waals surface area contributed by atoms with E-state index in [1.807, 2.05) is 4.90 Å². The summed E-state index contributed by atoms with van der Waals surface area (Å²) in [6, 6.07) is 3.06. The van der Waals surface area contributed by atoms with Gasteiger partial charge in [-0.2, -0.15) is 0 Å². The molecule has 1 aromatic heterocycles. The van der Waals surface area contributed by atoms with Crippen molar-refractivity contribution in [3.8, 4) is 11.5 Å². The van der Waals surface area contributed by atoms with Crippen LogP contribution >= 0.6 is 0 Å². The van der Waals surface area contributed by atoms with Crippen LogP contribution in [0.3, 0.4) is 0 Å². The van der Waals surface area contributed by atoms with Crippen LogP contribution in [0.15, 0.2) is 62.3 Å². The molecule has 3 aromatic carbocycles. The van der Waals surface area contributed by atoms with Crippen LogP contribution in [-0.2, 0) is 14.3 Å². The number of piperazine rings is 1. The summed E-state index contributed by atoms with van der Waals surface area (Å²) in [5.41, 5.74) is -1.54. The maximum atomic E-state index is 14.8. The van der Waals surface area contributed by atoms with Crippen LogP contribution < -0.4 is 31.0 Å². The highest BCUT2D eigenvalue weighted by molar-refractivity contribution is 6.16. The Balaban J connectivity index is 1.47. The first-order valence-corrected chi connectivity index (χ1v) is 21.6. The van der Waals surface area contributed by atoms with Crippen LogP contribution in [0.1, 0.15) is 47.1 Å². The molecule has 4 bridgehead atoms. The highest BCUT2D eigenvalue weighted by Gasteiger charge is 2.44. The Morgan fingerprint density at radius 1 is 0.906 bits per heavy atom. The number of rotatable bonds is 4. The number of hydrogen-bond donors (Lipinski definition) is 7. The first kappa shape index (κ1) is 46.4. The van der Waals surface area contributed by atoms with Crippen LogP contribution in [-0.4, -0.2) is 123 Å². The molecule has 1 fully saturated rings. The summed E-state index contributed by atoms with van der Waals surface area (Å²) in [4.78, 5) is 51.5. The Morgan fingerprint density at radius 2 is 1.58 bits per heavy atom. The number of ether oxygens (including phenoxy) is 3. The lowest BCUT2D eigenvalue weighted by Crippen LogP contribution is -2.47. The minimum Gasteiger partial charge on any atom is -0.507 e. The molecule has 17 nitrogen and oxygen atoms in total. The van der Waals surface area contributed by atoms with Gasteiger partial charge in [-0.05, 0) is 19.9 Å². The Kier molecular flexibility index (Phi) is 13.2. The monoisotopic (exact) mass is 886 g/mol. The molecule has 1 saturated heterocycles. The van der Waals surface area contributed by atoms with E-state index in [4.69, 9.17) is 23.6 Å². The fourth-order valence-electron chi connectivity index (χ4n) is 9.04. The van der Waals surface area contributed by atoms with E-state index in [2.05, 4.69) is 10.2 Å². The summed E-state index contributed by atoms with van der Waals surface area (Å²) in [7, 11) is 1.44. The van der Waals surface area contributed by atoms with Gasteiger partial charge in [-0.1, -0.05) is 45.9 Å². The van der Waals surface area contributed by atoms with Gasteiger partial charge in [-0.25, -0.2) is 4.98 Å². The first-order chi connectivity index (χ1) is 30.3.